The molecule has 0 bridgehead atoms. The summed E-state index contributed by atoms with van der Waals surface area (Å²) in [6.45, 7) is 4.45. The molecule has 0 aromatic heterocycles. The van der Waals surface area contributed by atoms with E-state index in [0.717, 1.165) is 49.1 Å². The van der Waals surface area contributed by atoms with E-state index in [1.165, 1.54) is 0 Å². The van der Waals surface area contributed by atoms with Crippen LogP contribution in [-0.4, -0.2) is 40.3 Å². The van der Waals surface area contributed by atoms with E-state index < -0.39 is 5.60 Å². The summed E-state index contributed by atoms with van der Waals surface area (Å²) < 4.78 is 0. The Morgan fingerprint density at radius 1 is 1.36 bits per heavy atom. The van der Waals surface area contributed by atoms with Crippen molar-refractivity contribution in [2.75, 3.05) is 18.1 Å². The Balaban J connectivity index is 2.44. The lowest BCUT2D eigenvalue weighted by molar-refractivity contribution is -0.115. The molecule has 1 unspecified atom stereocenters. The van der Waals surface area contributed by atoms with Crippen LogP contribution >= 0.6 is 11.8 Å². The highest BCUT2D eigenvalue weighted by atomic mass is 32.2. The summed E-state index contributed by atoms with van der Waals surface area (Å²) in [6, 6.07) is 0. The zero-order chi connectivity index (χ0) is 16.0. The first-order chi connectivity index (χ1) is 10.6. The van der Waals surface area contributed by atoms with Crippen molar-refractivity contribution >= 4 is 23.3 Å². The summed E-state index contributed by atoms with van der Waals surface area (Å²) in [6.07, 6.45) is 5.55. The van der Waals surface area contributed by atoms with E-state index in [4.69, 9.17) is 4.84 Å². The molecule has 2 aliphatic rings. The first kappa shape index (κ1) is 17.5. The van der Waals surface area contributed by atoms with Gasteiger partial charge in [0.1, 0.15) is 6.61 Å². The molecule has 5 heteroatoms. The van der Waals surface area contributed by atoms with Gasteiger partial charge in [-0.05, 0) is 50.4 Å². The second-order valence-electron chi connectivity index (χ2n) is 6.02. The predicted octanol–water partition coefficient (Wildman–Crippen LogP) is 3.49. The Hall–Kier alpha value is -0.810. The molecule has 1 fully saturated rings. The third-order valence-electron chi connectivity index (χ3n) is 4.27. The van der Waals surface area contributed by atoms with Crippen molar-refractivity contribution in [2.45, 2.75) is 64.4 Å². The van der Waals surface area contributed by atoms with E-state index in [1.807, 2.05) is 6.92 Å². The topological polar surface area (TPSA) is 58.9 Å². The second-order valence-corrected chi connectivity index (χ2v) is 7.13. The molecule has 2 rings (SSSR count). The molecule has 0 aromatic rings. The van der Waals surface area contributed by atoms with Crippen molar-refractivity contribution in [3.05, 3.63) is 11.1 Å². The van der Waals surface area contributed by atoms with Crippen LogP contribution in [-0.2, 0) is 9.63 Å². The van der Waals surface area contributed by atoms with Crippen molar-refractivity contribution in [1.82, 2.24) is 0 Å². The van der Waals surface area contributed by atoms with Gasteiger partial charge in [0, 0.05) is 17.7 Å². The van der Waals surface area contributed by atoms with Gasteiger partial charge < -0.3 is 9.94 Å². The Morgan fingerprint density at radius 3 is 2.82 bits per heavy atom. The number of thioether (sulfide) groups is 1. The molecule has 0 radical (unpaired) electrons. The van der Waals surface area contributed by atoms with Crippen molar-refractivity contribution in [1.29, 1.82) is 0 Å². The van der Waals surface area contributed by atoms with Crippen LogP contribution in [0.1, 0.15) is 58.8 Å². The second kappa shape index (κ2) is 8.16. The van der Waals surface area contributed by atoms with Gasteiger partial charge in [0.05, 0.1) is 11.3 Å². The first-order valence-electron chi connectivity index (χ1n) is 8.38. The molecule has 1 atom stereocenters. The number of ketones is 1. The van der Waals surface area contributed by atoms with E-state index in [9.17, 15) is 9.90 Å². The molecule has 0 saturated carbocycles. The highest BCUT2D eigenvalue weighted by Gasteiger charge is 2.39. The maximum atomic E-state index is 12.6. The molecular formula is C17H27NO3S. The van der Waals surface area contributed by atoms with Crippen LogP contribution in [0.3, 0.4) is 0 Å². The Bertz CT molecular complexity index is 465. The smallest absolute Gasteiger partial charge is 0.164 e. The van der Waals surface area contributed by atoms with Crippen LogP contribution < -0.4 is 0 Å². The van der Waals surface area contributed by atoms with Crippen LogP contribution in [0, 0.1) is 0 Å². The standard InChI is InChI=1S/C17H27NO3S/c1-3-7-14(18-21-4-2)16-13(8-5-9-15(16)19)17(20)10-6-11-22-12-17/h20H,3-12H2,1-2H3/b18-14+. The zero-order valence-electron chi connectivity index (χ0n) is 13.7. The van der Waals surface area contributed by atoms with Crippen molar-refractivity contribution in [2.24, 2.45) is 5.16 Å². The van der Waals surface area contributed by atoms with Gasteiger partial charge in [-0.1, -0.05) is 18.5 Å². The Morgan fingerprint density at radius 2 is 2.18 bits per heavy atom. The molecule has 0 aromatic carbocycles. The maximum absolute atomic E-state index is 12.6. The quantitative estimate of drug-likeness (QED) is 0.600. The van der Waals surface area contributed by atoms with Gasteiger partial charge in [-0.25, -0.2) is 0 Å². The number of oxime groups is 1. The summed E-state index contributed by atoms with van der Waals surface area (Å²) >= 11 is 1.78. The molecule has 0 amide bonds. The van der Waals surface area contributed by atoms with Crippen molar-refractivity contribution in [3.8, 4) is 0 Å². The van der Waals surface area contributed by atoms with E-state index in [0.29, 0.717) is 30.8 Å². The largest absolute Gasteiger partial charge is 0.396 e. The number of carbonyl (C=O) groups excluding carboxylic acids is 1. The Labute approximate surface area is 137 Å². The van der Waals surface area contributed by atoms with Gasteiger partial charge in [0.25, 0.3) is 0 Å². The highest BCUT2D eigenvalue weighted by molar-refractivity contribution is 7.99. The summed E-state index contributed by atoms with van der Waals surface area (Å²) in [4.78, 5) is 17.8. The molecule has 1 heterocycles. The summed E-state index contributed by atoms with van der Waals surface area (Å²) in [5, 5.41) is 15.3. The molecule has 1 aliphatic heterocycles. The van der Waals surface area contributed by atoms with E-state index in [-0.39, 0.29) is 5.78 Å². The highest BCUT2D eigenvalue weighted by Crippen LogP contribution is 2.39. The molecule has 1 aliphatic carbocycles. The van der Waals surface area contributed by atoms with Crippen LogP contribution in [0.2, 0.25) is 0 Å². The minimum Gasteiger partial charge on any atom is -0.396 e. The number of allylic oxidation sites excluding steroid dienone is 1. The predicted molar refractivity (Wildman–Crippen MR) is 91.4 cm³/mol. The fourth-order valence-electron chi connectivity index (χ4n) is 3.26. The lowest BCUT2D eigenvalue weighted by Crippen LogP contribution is -2.41. The van der Waals surface area contributed by atoms with Gasteiger partial charge in [-0.15, -0.1) is 0 Å². The van der Waals surface area contributed by atoms with Crippen LogP contribution in [0.15, 0.2) is 16.3 Å². The first-order valence-corrected chi connectivity index (χ1v) is 9.54. The monoisotopic (exact) mass is 325 g/mol. The molecule has 22 heavy (non-hydrogen) atoms. The normalized spacial score (nSPS) is 27.2. The molecule has 124 valence electrons. The number of carbonyl (C=O) groups is 1. The average Bonchev–Trinajstić information content (AvgIpc) is 2.52. The van der Waals surface area contributed by atoms with Crippen molar-refractivity contribution < 1.29 is 14.7 Å². The van der Waals surface area contributed by atoms with Crippen LogP contribution in [0.25, 0.3) is 0 Å². The lowest BCUT2D eigenvalue weighted by Gasteiger charge is -2.37. The fourth-order valence-corrected chi connectivity index (χ4v) is 4.41. The minimum absolute atomic E-state index is 0.122. The summed E-state index contributed by atoms with van der Waals surface area (Å²) in [5.41, 5.74) is 1.48. The van der Waals surface area contributed by atoms with Gasteiger partial charge >= 0.3 is 0 Å². The number of nitrogens with zero attached hydrogens (tertiary/aromatic N) is 1. The van der Waals surface area contributed by atoms with E-state index in [1.54, 1.807) is 11.8 Å². The van der Waals surface area contributed by atoms with E-state index >= 15 is 0 Å². The van der Waals surface area contributed by atoms with Gasteiger partial charge in [-0.3, -0.25) is 4.79 Å². The SMILES string of the molecule is CCC/C(=N\OCC)C1=C(C2(O)CCCSC2)CCCC1=O. The van der Waals surface area contributed by atoms with Crippen LogP contribution in [0.4, 0.5) is 0 Å². The Kier molecular flexibility index (Phi) is 6.50. The van der Waals surface area contributed by atoms with Crippen molar-refractivity contribution in [3.63, 3.8) is 0 Å². The summed E-state index contributed by atoms with van der Waals surface area (Å²) in [7, 11) is 0. The van der Waals surface area contributed by atoms with Gasteiger partial charge in [0.15, 0.2) is 5.78 Å². The van der Waals surface area contributed by atoms with Gasteiger partial charge in [0.2, 0.25) is 0 Å². The third-order valence-corrected chi connectivity index (χ3v) is 5.53. The fraction of sp³-hybridized carbons (Fsp3) is 0.765. The number of aliphatic hydroxyl groups is 1. The number of Topliss-reactive ketones (excluding diaryl/α,β-unsaturated/α-hetero) is 1. The van der Waals surface area contributed by atoms with E-state index in [2.05, 4.69) is 12.1 Å². The number of hydrogen-bond donors (Lipinski definition) is 1. The molecular weight excluding hydrogens is 298 g/mol. The third kappa shape index (κ3) is 3.93. The lowest BCUT2D eigenvalue weighted by atomic mass is 9.77. The maximum Gasteiger partial charge on any atom is 0.164 e. The number of hydrogen-bond acceptors (Lipinski definition) is 5. The zero-order valence-corrected chi connectivity index (χ0v) is 14.5. The summed E-state index contributed by atoms with van der Waals surface area (Å²) in [5.74, 6) is 1.90. The molecule has 0 spiro atoms. The molecule has 1 saturated heterocycles. The van der Waals surface area contributed by atoms with Gasteiger partial charge in [-0.2, -0.15) is 11.8 Å². The molecule has 4 nitrogen and oxygen atoms in total. The minimum atomic E-state index is -0.838. The number of rotatable bonds is 6. The molecule has 1 N–H and O–H groups in total. The average molecular weight is 325 g/mol. The van der Waals surface area contributed by atoms with Crippen LogP contribution in [0.5, 0.6) is 0 Å².